The van der Waals surface area contributed by atoms with Gasteiger partial charge >= 0.3 is 5.97 Å². The summed E-state index contributed by atoms with van der Waals surface area (Å²) in [5, 5.41) is 11.0. The van der Waals surface area contributed by atoms with E-state index in [4.69, 9.17) is 24.3 Å². The van der Waals surface area contributed by atoms with E-state index in [-0.39, 0.29) is 6.54 Å². The lowest BCUT2D eigenvalue weighted by molar-refractivity contribution is -0.137. The molecule has 0 fully saturated rings. The molecule has 1 aliphatic heterocycles. The van der Waals surface area contributed by atoms with Gasteiger partial charge < -0.3 is 23.9 Å². The Morgan fingerprint density at radius 3 is 2.89 bits per heavy atom. The van der Waals surface area contributed by atoms with Crippen LogP contribution in [0.5, 0.6) is 17.4 Å². The van der Waals surface area contributed by atoms with Crippen LogP contribution in [0.3, 0.4) is 0 Å². The van der Waals surface area contributed by atoms with Gasteiger partial charge in [-0.15, -0.1) is 11.3 Å². The van der Waals surface area contributed by atoms with Gasteiger partial charge in [0.1, 0.15) is 23.1 Å². The zero-order valence-electron chi connectivity index (χ0n) is 20.4. The number of carbonyl (C=O) groups is 1. The van der Waals surface area contributed by atoms with E-state index in [9.17, 15) is 4.79 Å². The smallest absolute Gasteiger partial charge is 0.323 e. The summed E-state index contributed by atoms with van der Waals surface area (Å²) >= 11 is 1.73. The topological polar surface area (TPSA) is 82.8 Å². The van der Waals surface area contributed by atoms with Crippen molar-refractivity contribution >= 4 is 28.2 Å². The maximum Gasteiger partial charge on any atom is 0.323 e. The van der Waals surface area contributed by atoms with Crippen molar-refractivity contribution in [3.8, 4) is 28.0 Å². The number of hydrogen-bond donors (Lipinski definition) is 1. The molecule has 0 saturated carbocycles. The fraction of sp³-hybridized carbons (Fsp3) is 0.357. The lowest BCUT2D eigenvalue weighted by Crippen LogP contribution is -2.07. The van der Waals surface area contributed by atoms with Crippen molar-refractivity contribution in [3.63, 3.8) is 0 Å². The third-order valence-electron chi connectivity index (χ3n) is 6.14. The predicted octanol–water partition coefficient (Wildman–Crippen LogP) is 5.97. The highest BCUT2D eigenvalue weighted by Crippen LogP contribution is 2.37. The molecule has 4 aromatic rings. The van der Waals surface area contributed by atoms with Crippen molar-refractivity contribution in [2.75, 3.05) is 19.8 Å². The second-order valence-electron chi connectivity index (χ2n) is 8.88. The Labute approximate surface area is 214 Å². The third-order valence-corrected chi connectivity index (χ3v) is 7.28. The molecule has 3 heterocycles. The Kier molecular flexibility index (Phi) is 7.41. The molecular weight excluding hydrogens is 476 g/mol. The van der Waals surface area contributed by atoms with E-state index in [0.717, 1.165) is 77.6 Å². The number of aliphatic carboxylic acids is 1. The van der Waals surface area contributed by atoms with E-state index in [0.29, 0.717) is 13.2 Å². The van der Waals surface area contributed by atoms with Crippen LogP contribution in [0.2, 0.25) is 0 Å². The fourth-order valence-electron chi connectivity index (χ4n) is 4.43. The van der Waals surface area contributed by atoms with E-state index in [2.05, 4.69) is 25.1 Å². The number of ether oxygens (including phenoxy) is 3. The number of carboxylic acids is 1. The summed E-state index contributed by atoms with van der Waals surface area (Å²) in [5.41, 5.74) is 3.19. The largest absolute Gasteiger partial charge is 0.493 e. The number of fused-ring (bicyclic) bond motifs is 2. The molecule has 0 spiro atoms. The molecular formula is C28H30N2O5S. The quantitative estimate of drug-likeness (QED) is 0.252. The van der Waals surface area contributed by atoms with Gasteiger partial charge in [-0.2, -0.15) is 0 Å². The molecule has 0 radical (unpaired) electrons. The minimum atomic E-state index is -0.860. The fourth-order valence-corrected chi connectivity index (χ4v) is 5.48. The second kappa shape index (κ2) is 11.0. The summed E-state index contributed by atoms with van der Waals surface area (Å²) in [4.78, 5) is 16.9. The minimum absolute atomic E-state index is 0.0532. The number of nitrogens with zero attached hydrogens (tertiary/aromatic N) is 2. The van der Waals surface area contributed by atoms with E-state index < -0.39 is 5.97 Å². The third kappa shape index (κ3) is 5.49. The van der Waals surface area contributed by atoms with Crippen LogP contribution < -0.4 is 14.2 Å². The summed E-state index contributed by atoms with van der Waals surface area (Å²) in [5.74, 6) is 1.62. The predicted molar refractivity (Wildman–Crippen MR) is 141 cm³/mol. The van der Waals surface area contributed by atoms with Gasteiger partial charge in [0.25, 0.3) is 0 Å². The van der Waals surface area contributed by atoms with Crippen LogP contribution in [0.1, 0.15) is 36.6 Å². The minimum Gasteiger partial charge on any atom is -0.493 e. The summed E-state index contributed by atoms with van der Waals surface area (Å²) in [6.45, 7) is 3.97. The highest BCUT2D eigenvalue weighted by molar-refractivity contribution is 7.15. The maximum absolute atomic E-state index is 11.0. The van der Waals surface area contributed by atoms with Crippen LogP contribution in [0.15, 0.2) is 48.7 Å². The first-order valence-electron chi connectivity index (χ1n) is 12.4. The van der Waals surface area contributed by atoms with Gasteiger partial charge in [-0.3, -0.25) is 4.79 Å². The van der Waals surface area contributed by atoms with E-state index in [1.807, 2.05) is 24.3 Å². The van der Waals surface area contributed by atoms with Gasteiger partial charge in [-0.25, -0.2) is 4.98 Å². The molecule has 0 amide bonds. The van der Waals surface area contributed by atoms with Crippen molar-refractivity contribution < 1.29 is 24.1 Å². The molecule has 188 valence electrons. The number of carboxylic acid groups (broad SMARTS) is 1. The van der Waals surface area contributed by atoms with Gasteiger partial charge in [-0.1, -0.05) is 13.3 Å². The van der Waals surface area contributed by atoms with Crippen LogP contribution in [-0.4, -0.2) is 40.4 Å². The molecule has 2 aromatic carbocycles. The number of benzene rings is 2. The molecule has 7 nitrogen and oxygen atoms in total. The van der Waals surface area contributed by atoms with Crippen molar-refractivity contribution in [1.82, 2.24) is 9.55 Å². The molecule has 0 unspecified atom stereocenters. The lowest BCUT2D eigenvalue weighted by Gasteiger charge is -2.13. The van der Waals surface area contributed by atoms with Crippen LogP contribution in [0.4, 0.5) is 0 Å². The molecule has 1 N–H and O–H groups in total. The van der Waals surface area contributed by atoms with E-state index in [1.54, 1.807) is 22.1 Å². The summed E-state index contributed by atoms with van der Waals surface area (Å²) in [7, 11) is 0. The average molecular weight is 507 g/mol. The van der Waals surface area contributed by atoms with E-state index in [1.165, 1.54) is 10.4 Å². The van der Waals surface area contributed by atoms with Gasteiger partial charge in [-0.05, 0) is 67.3 Å². The van der Waals surface area contributed by atoms with Gasteiger partial charge in [0.2, 0.25) is 5.88 Å². The summed E-state index contributed by atoms with van der Waals surface area (Å²) in [6.07, 6.45) is 6.62. The van der Waals surface area contributed by atoms with Crippen LogP contribution in [-0.2, 0) is 24.2 Å². The molecule has 0 aliphatic carbocycles. The molecule has 1 aliphatic rings. The number of hydrogen-bond acceptors (Lipinski definition) is 6. The maximum atomic E-state index is 11.0. The van der Waals surface area contributed by atoms with Crippen LogP contribution >= 0.6 is 11.3 Å². The van der Waals surface area contributed by atoms with Crippen molar-refractivity contribution in [1.29, 1.82) is 0 Å². The van der Waals surface area contributed by atoms with Gasteiger partial charge in [0.15, 0.2) is 0 Å². The van der Waals surface area contributed by atoms with Crippen molar-refractivity contribution in [2.24, 2.45) is 0 Å². The summed E-state index contributed by atoms with van der Waals surface area (Å²) in [6, 6.07) is 14.0. The monoisotopic (exact) mass is 506 g/mol. The first-order chi connectivity index (χ1) is 17.6. The Hall–Kier alpha value is -3.52. The van der Waals surface area contributed by atoms with Gasteiger partial charge in [0, 0.05) is 29.1 Å². The van der Waals surface area contributed by atoms with E-state index >= 15 is 0 Å². The molecule has 2 aromatic heterocycles. The summed E-state index contributed by atoms with van der Waals surface area (Å²) < 4.78 is 19.5. The Morgan fingerprint density at radius 1 is 1.17 bits per heavy atom. The Bertz CT molecular complexity index is 1340. The molecule has 36 heavy (non-hydrogen) atoms. The van der Waals surface area contributed by atoms with Crippen LogP contribution in [0, 0.1) is 0 Å². The van der Waals surface area contributed by atoms with Crippen molar-refractivity contribution in [3.05, 3.63) is 59.1 Å². The molecule has 8 heteroatoms. The number of aromatic nitrogens is 2. The van der Waals surface area contributed by atoms with Crippen LogP contribution in [0.25, 0.3) is 21.5 Å². The zero-order chi connectivity index (χ0) is 24.9. The first-order valence-corrected chi connectivity index (χ1v) is 13.2. The average Bonchev–Trinajstić information content (AvgIpc) is 3.48. The number of thiazole rings is 1. The standard InChI is InChI=1S/C28H30N2O5S/c1-2-5-20-16-21(28-29-27-25(36-28)6-3-13-35-27)7-10-24(20)34-15-4-14-33-22-8-9-23-19(17-22)11-12-30(23)18-26(31)32/h7-12,16-17H,2-6,13-15,18H2,1H3,(H,31,32). The Morgan fingerprint density at radius 2 is 2.06 bits per heavy atom. The van der Waals surface area contributed by atoms with Gasteiger partial charge in [0.05, 0.1) is 24.7 Å². The lowest BCUT2D eigenvalue weighted by atomic mass is 10.1. The second-order valence-corrected chi connectivity index (χ2v) is 9.96. The highest BCUT2D eigenvalue weighted by atomic mass is 32.1. The Balaban J connectivity index is 1.16. The first kappa shape index (κ1) is 24.2. The SMILES string of the molecule is CCCc1cc(-c2nc3c(s2)CCCO3)ccc1OCCCOc1ccc2c(ccn2CC(=O)O)c1. The molecule has 0 saturated heterocycles. The molecule has 5 rings (SSSR count). The normalized spacial score (nSPS) is 12.8. The van der Waals surface area contributed by atoms with Crippen molar-refractivity contribution in [2.45, 2.75) is 45.6 Å². The number of aryl methyl sites for hydroxylation is 2. The zero-order valence-corrected chi connectivity index (χ0v) is 21.2. The highest BCUT2D eigenvalue weighted by Gasteiger charge is 2.18. The molecule has 0 bridgehead atoms. The molecule has 0 atom stereocenters. The number of rotatable bonds is 11.